The van der Waals surface area contributed by atoms with Crippen LogP contribution in [0.3, 0.4) is 0 Å². The van der Waals surface area contributed by atoms with Crippen molar-refractivity contribution in [1.82, 2.24) is 10.2 Å². The van der Waals surface area contributed by atoms with Crippen LogP contribution in [0.2, 0.25) is 0 Å². The van der Waals surface area contributed by atoms with Crippen LogP contribution >= 0.6 is 0 Å². The van der Waals surface area contributed by atoms with Crippen molar-refractivity contribution in [2.75, 3.05) is 39.5 Å². The number of ether oxygens (including phenoxy) is 2. The van der Waals surface area contributed by atoms with Crippen molar-refractivity contribution in [2.24, 2.45) is 0 Å². The van der Waals surface area contributed by atoms with E-state index in [1.165, 1.54) is 32.1 Å². The summed E-state index contributed by atoms with van der Waals surface area (Å²) in [6.07, 6.45) is 7.74. The molecule has 0 aromatic heterocycles. The highest BCUT2D eigenvalue weighted by atomic mass is 16.5. The Morgan fingerprint density at radius 3 is 2.71 bits per heavy atom. The zero-order valence-electron chi connectivity index (χ0n) is 13.3. The van der Waals surface area contributed by atoms with Crippen LogP contribution in [0, 0.1) is 0 Å². The highest BCUT2D eigenvalue weighted by Gasteiger charge is 2.22. The van der Waals surface area contributed by atoms with Crippen LogP contribution in [0.15, 0.2) is 0 Å². The lowest BCUT2D eigenvalue weighted by Crippen LogP contribution is -2.49. The molecule has 122 valence electrons. The number of nitrogens with one attached hydrogen (secondary N) is 1. The third-order valence-electron chi connectivity index (χ3n) is 4.50. The van der Waals surface area contributed by atoms with Crippen molar-refractivity contribution in [3.8, 4) is 0 Å². The maximum absolute atomic E-state index is 12.1. The predicted molar refractivity (Wildman–Crippen MR) is 82.3 cm³/mol. The third-order valence-corrected chi connectivity index (χ3v) is 4.50. The summed E-state index contributed by atoms with van der Waals surface area (Å²) in [6.45, 7) is 6.59. The van der Waals surface area contributed by atoms with Crippen molar-refractivity contribution in [3.63, 3.8) is 0 Å². The summed E-state index contributed by atoms with van der Waals surface area (Å²) in [4.78, 5) is 14.3. The molecule has 1 saturated heterocycles. The summed E-state index contributed by atoms with van der Waals surface area (Å²) in [5.41, 5.74) is 0. The Morgan fingerprint density at radius 1 is 1.29 bits per heavy atom. The van der Waals surface area contributed by atoms with E-state index in [0.717, 1.165) is 39.3 Å². The van der Waals surface area contributed by atoms with Crippen molar-refractivity contribution in [2.45, 2.75) is 57.6 Å². The molecule has 0 aromatic carbocycles. The zero-order valence-corrected chi connectivity index (χ0v) is 13.3. The predicted octanol–water partition coefficient (Wildman–Crippen LogP) is 1.56. The van der Waals surface area contributed by atoms with Crippen LogP contribution in [0.4, 0.5) is 0 Å². The summed E-state index contributed by atoms with van der Waals surface area (Å²) >= 11 is 0. The van der Waals surface area contributed by atoms with Crippen LogP contribution in [0.25, 0.3) is 0 Å². The molecule has 2 aliphatic rings. The second kappa shape index (κ2) is 9.38. The summed E-state index contributed by atoms with van der Waals surface area (Å²) in [7, 11) is 0. The van der Waals surface area contributed by atoms with Gasteiger partial charge < -0.3 is 14.8 Å². The molecule has 1 atom stereocenters. The molecule has 1 saturated carbocycles. The maximum Gasteiger partial charge on any atom is 0.237 e. The van der Waals surface area contributed by atoms with E-state index in [1.807, 2.05) is 6.92 Å². The van der Waals surface area contributed by atoms with Gasteiger partial charge in [0, 0.05) is 26.2 Å². The van der Waals surface area contributed by atoms with E-state index in [4.69, 9.17) is 9.47 Å². The molecule has 0 radical (unpaired) electrons. The molecular formula is C16H30N2O3. The Hall–Kier alpha value is -0.650. The zero-order chi connectivity index (χ0) is 14.9. The van der Waals surface area contributed by atoms with Gasteiger partial charge in [-0.2, -0.15) is 0 Å². The Labute approximate surface area is 128 Å². The van der Waals surface area contributed by atoms with Gasteiger partial charge in [-0.15, -0.1) is 0 Å². The number of hydrogen-bond acceptors (Lipinski definition) is 4. The van der Waals surface area contributed by atoms with E-state index in [1.54, 1.807) is 0 Å². The van der Waals surface area contributed by atoms with Crippen LogP contribution in [0.1, 0.15) is 45.4 Å². The first-order valence-corrected chi connectivity index (χ1v) is 8.48. The Morgan fingerprint density at radius 2 is 2.00 bits per heavy atom. The van der Waals surface area contributed by atoms with Gasteiger partial charge >= 0.3 is 0 Å². The summed E-state index contributed by atoms with van der Waals surface area (Å²) < 4.78 is 11.2. The van der Waals surface area contributed by atoms with Crippen LogP contribution < -0.4 is 5.32 Å². The van der Waals surface area contributed by atoms with Gasteiger partial charge in [0.15, 0.2) is 0 Å². The topological polar surface area (TPSA) is 50.8 Å². The Balaban J connectivity index is 1.52. The molecular weight excluding hydrogens is 268 g/mol. The average molecular weight is 298 g/mol. The molecule has 1 heterocycles. The van der Waals surface area contributed by atoms with Crippen molar-refractivity contribution >= 4 is 5.91 Å². The number of morpholine rings is 1. The van der Waals surface area contributed by atoms with E-state index in [9.17, 15) is 4.79 Å². The molecule has 1 aliphatic heterocycles. The molecule has 1 N–H and O–H groups in total. The van der Waals surface area contributed by atoms with E-state index in [-0.39, 0.29) is 11.9 Å². The fourth-order valence-electron chi connectivity index (χ4n) is 3.04. The van der Waals surface area contributed by atoms with Gasteiger partial charge in [-0.3, -0.25) is 9.69 Å². The summed E-state index contributed by atoms with van der Waals surface area (Å²) in [5.74, 6) is 0.120. The molecule has 2 rings (SSSR count). The normalized spacial score (nSPS) is 22.9. The van der Waals surface area contributed by atoms with Gasteiger partial charge in [-0.1, -0.05) is 19.3 Å². The SMILES string of the molecule is CC(C(=O)NCCCOC1CCCCC1)N1CCOCC1. The van der Waals surface area contributed by atoms with E-state index in [2.05, 4.69) is 10.2 Å². The largest absolute Gasteiger partial charge is 0.379 e. The van der Waals surface area contributed by atoms with Gasteiger partial charge in [0.2, 0.25) is 5.91 Å². The smallest absolute Gasteiger partial charge is 0.237 e. The fraction of sp³-hybridized carbons (Fsp3) is 0.938. The maximum atomic E-state index is 12.1. The summed E-state index contributed by atoms with van der Waals surface area (Å²) in [5, 5.41) is 3.02. The second-order valence-electron chi connectivity index (χ2n) is 6.10. The molecule has 1 aliphatic carbocycles. The van der Waals surface area contributed by atoms with Gasteiger partial charge in [0.1, 0.15) is 0 Å². The number of carbonyl (C=O) groups excluding carboxylic acids is 1. The minimum absolute atomic E-state index is 0.0619. The van der Waals surface area contributed by atoms with Crippen molar-refractivity contribution < 1.29 is 14.3 Å². The van der Waals surface area contributed by atoms with Gasteiger partial charge in [-0.05, 0) is 26.2 Å². The lowest BCUT2D eigenvalue weighted by Gasteiger charge is -2.31. The average Bonchev–Trinajstić information content (AvgIpc) is 2.55. The van der Waals surface area contributed by atoms with Crippen LogP contribution in [-0.2, 0) is 14.3 Å². The molecule has 0 spiro atoms. The molecule has 1 unspecified atom stereocenters. The first-order valence-electron chi connectivity index (χ1n) is 8.48. The first kappa shape index (κ1) is 16.7. The van der Waals surface area contributed by atoms with Crippen molar-refractivity contribution in [3.05, 3.63) is 0 Å². The van der Waals surface area contributed by atoms with Crippen LogP contribution in [0.5, 0.6) is 0 Å². The molecule has 2 fully saturated rings. The molecule has 5 heteroatoms. The Bertz CT molecular complexity index is 300. The molecule has 5 nitrogen and oxygen atoms in total. The highest BCUT2D eigenvalue weighted by Crippen LogP contribution is 2.20. The number of nitrogens with zero attached hydrogens (tertiary/aromatic N) is 1. The lowest BCUT2D eigenvalue weighted by atomic mass is 9.98. The third kappa shape index (κ3) is 5.93. The number of rotatable bonds is 7. The van der Waals surface area contributed by atoms with Gasteiger partial charge in [-0.25, -0.2) is 0 Å². The first-order chi connectivity index (χ1) is 10.3. The van der Waals surface area contributed by atoms with Crippen molar-refractivity contribution in [1.29, 1.82) is 0 Å². The number of amides is 1. The monoisotopic (exact) mass is 298 g/mol. The number of hydrogen-bond donors (Lipinski definition) is 1. The molecule has 0 aromatic rings. The van der Waals surface area contributed by atoms with Gasteiger partial charge in [0.05, 0.1) is 25.4 Å². The standard InChI is InChI=1S/C16H30N2O3/c1-14(18-9-12-20-13-10-18)16(19)17-8-5-11-21-15-6-3-2-4-7-15/h14-15H,2-13H2,1H3,(H,17,19). The molecule has 21 heavy (non-hydrogen) atoms. The van der Waals surface area contributed by atoms with Gasteiger partial charge in [0.25, 0.3) is 0 Å². The van der Waals surface area contributed by atoms with E-state index >= 15 is 0 Å². The Kier molecular flexibility index (Phi) is 7.47. The second-order valence-corrected chi connectivity index (χ2v) is 6.10. The minimum Gasteiger partial charge on any atom is -0.379 e. The molecule has 0 bridgehead atoms. The molecule has 1 amide bonds. The number of carbonyl (C=O) groups is 1. The van der Waals surface area contributed by atoms with Crippen LogP contribution in [-0.4, -0.2) is 62.4 Å². The highest BCUT2D eigenvalue weighted by molar-refractivity contribution is 5.81. The summed E-state index contributed by atoms with van der Waals surface area (Å²) in [6, 6.07) is -0.0619. The lowest BCUT2D eigenvalue weighted by molar-refractivity contribution is -0.127. The van der Waals surface area contributed by atoms with E-state index in [0.29, 0.717) is 12.6 Å². The quantitative estimate of drug-likeness (QED) is 0.725. The fourth-order valence-corrected chi connectivity index (χ4v) is 3.04. The van der Waals surface area contributed by atoms with E-state index < -0.39 is 0 Å². The minimum atomic E-state index is -0.0619.